The number of hydrogen-bond acceptors (Lipinski definition) is 3. The molecule has 0 saturated carbocycles. The maximum absolute atomic E-state index is 12.0. The Hall–Kier alpha value is -1.26. The molecule has 2 amide bonds. The molecule has 108 valence electrons. The summed E-state index contributed by atoms with van der Waals surface area (Å²) in [6.45, 7) is 10.5. The molecule has 0 unspecified atom stereocenters. The number of piperidine rings is 1. The molecular formula is C14H24N2O3. The Bertz CT molecular complexity index is 375. The Morgan fingerprint density at radius 3 is 2.47 bits per heavy atom. The first kappa shape index (κ1) is 14.2. The zero-order valence-electron chi connectivity index (χ0n) is 12.3. The lowest BCUT2D eigenvalue weighted by molar-refractivity contribution is -0.135. The molecule has 2 rings (SSSR count). The molecule has 0 aromatic rings. The summed E-state index contributed by atoms with van der Waals surface area (Å²) in [5.41, 5.74) is -0.462. The van der Waals surface area contributed by atoms with E-state index in [1.807, 2.05) is 32.6 Å². The number of amides is 2. The molecule has 2 atom stereocenters. The van der Waals surface area contributed by atoms with E-state index in [1.54, 1.807) is 4.90 Å². The largest absolute Gasteiger partial charge is 0.444 e. The first-order valence-electron chi connectivity index (χ1n) is 7.06. The quantitative estimate of drug-likeness (QED) is 0.727. The normalized spacial score (nSPS) is 27.5. The van der Waals surface area contributed by atoms with Crippen LogP contribution < -0.4 is 0 Å². The van der Waals surface area contributed by atoms with Crippen molar-refractivity contribution in [1.82, 2.24) is 9.80 Å². The summed E-state index contributed by atoms with van der Waals surface area (Å²) in [7, 11) is 0. The van der Waals surface area contributed by atoms with Gasteiger partial charge < -0.3 is 14.5 Å². The van der Waals surface area contributed by atoms with Crippen molar-refractivity contribution in [3.05, 3.63) is 0 Å². The van der Waals surface area contributed by atoms with Crippen molar-refractivity contribution >= 4 is 12.0 Å². The van der Waals surface area contributed by atoms with Crippen LogP contribution in [0.4, 0.5) is 4.79 Å². The Balaban J connectivity index is 1.96. The van der Waals surface area contributed by atoms with Crippen molar-refractivity contribution < 1.29 is 14.3 Å². The zero-order chi connectivity index (χ0) is 14.2. The molecule has 0 N–H and O–H groups in total. The fourth-order valence-electron chi connectivity index (χ4n) is 2.90. The third-order valence-corrected chi connectivity index (χ3v) is 3.85. The molecule has 0 bridgehead atoms. The second-order valence-corrected chi connectivity index (χ2v) is 6.54. The zero-order valence-corrected chi connectivity index (χ0v) is 12.3. The SMILES string of the molecule is CCN1C[C@H]2CN(C(=O)OC(C)(C)C)C[C@H]2CC1=O. The van der Waals surface area contributed by atoms with Crippen LogP contribution in [-0.4, -0.2) is 53.6 Å². The minimum Gasteiger partial charge on any atom is -0.444 e. The van der Waals surface area contributed by atoms with Gasteiger partial charge in [-0.05, 0) is 39.5 Å². The molecule has 2 heterocycles. The summed E-state index contributed by atoms with van der Waals surface area (Å²) in [5, 5.41) is 0. The van der Waals surface area contributed by atoms with Crippen molar-refractivity contribution in [2.75, 3.05) is 26.2 Å². The number of hydrogen-bond donors (Lipinski definition) is 0. The average molecular weight is 268 g/mol. The molecule has 2 aliphatic rings. The Morgan fingerprint density at radius 1 is 1.26 bits per heavy atom. The molecule has 2 saturated heterocycles. The number of ether oxygens (including phenoxy) is 1. The number of likely N-dealkylation sites (tertiary alicyclic amines) is 2. The molecule has 5 nitrogen and oxygen atoms in total. The number of nitrogens with zero attached hydrogens (tertiary/aromatic N) is 2. The number of carbonyl (C=O) groups is 2. The van der Waals surface area contributed by atoms with E-state index in [4.69, 9.17) is 4.74 Å². The molecule has 0 spiro atoms. The lowest BCUT2D eigenvalue weighted by Crippen LogP contribution is -2.43. The van der Waals surface area contributed by atoms with Crippen molar-refractivity contribution in [3.8, 4) is 0 Å². The lowest BCUT2D eigenvalue weighted by atomic mass is 9.88. The average Bonchev–Trinajstić information content (AvgIpc) is 2.68. The summed E-state index contributed by atoms with van der Waals surface area (Å²) >= 11 is 0. The topological polar surface area (TPSA) is 49.9 Å². The molecule has 5 heteroatoms. The van der Waals surface area contributed by atoms with Gasteiger partial charge in [0.05, 0.1) is 0 Å². The van der Waals surface area contributed by atoms with Gasteiger partial charge in [-0.15, -0.1) is 0 Å². The van der Waals surface area contributed by atoms with Gasteiger partial charge in [0.2, 0.25) is 5.91 Å². The predicted molar refractivity (Wildman–Crippen MR) is 71.7 cm³/mol. The summed E-state index contributed by atoms with van der Waals surface area (Å²) in [4.78, 5) is 27.6. The Kier molecular flexibility index (Phi) is 3.74. The van der Waals surface area contributed by atoms with Crippen LogP contribution in [0.2, 0.25) is 0 Å². The van der Waals surface area contributed by atoms with Gasteiger partial charge in [0.15, 0.2) is 0 Å². The molecular weight excluding hydrogens is 244 g/mol. The second kappa shape index (κ2) is 5.02. The summed E-state index contributed by atoms with van der Waals surface area (Å²) < 4.78 is 5.40. The van der Waals surface area contributed by atoms with Crippen LogP contribution in [0.5, 0.6) is 0 Å². The van der Waals surface area contributed by atoms with Gasteiger partial charge in [0.25, 0.3) is 0 Å². The van der Waals surface area contributed by atoms with Gasteiger partial charge in [0.1, 0.15) is 5.60 Å². The van der Waals surface area contributed by atoms with Crippen molar-refractivity contribution in [3.63, 3.8) is 0 Å². The van der Waals surface area contributed by atoms with Crippen LogP contribution in [0.1, 0.15) is 34.1 Å². The van der Waals surface area contributed by atoms with E-state index < -0.39 is 5.60 Å². The number of fused-ring (bicyclic) bond motifs is 1. The van der Waals surface area contributed by atoms with Gasteiger partial charge in [-0.3, -0.25) is 4.79 Å². The Labute approximate surface area is 114 Å². The highest BCUT2D eigenvalue weighted by Gasteiger charge is 2.42. The van der Waals surface area contributed by atoms with Crippen LogP contribution in [-0.2, 0) is 9.53 Å². The molecule has 0 aromatic heterocycles. The molecule has 0 radical (unpaired) electrons. The summed E-state index contributed by atoms with van der Waals surface area (Å²) in [6, 6.07) is 0. The van der Waals surface area contributed by atoms with Crippen molar-refractivity contribution in [2.45, 2.75) is 39.7 Å². The van der Waals surface area contributed by atoms with Crippen LogP contribution in [0.3, 0.4) is 0 Å². The van der Waals surface area contributed by atoms with E-state index in [-0.39, 0.29) is 12.0 Å². The van der Waals surface area contributed by atoms with Gasteiger partial charge in [-0.1, -0.05) is 0 Å². The monoisotopic (exact) mass is 268 g/mol. The highest BCUT2D eigenvalue weighted by atomic mass is 16.6. The standard InChI is InChI=1S/C14H24N2O3/c1-5-15-8-11-9-16(7-10(11)6-12(15)17)13(18)19-14(2,3)4/h10-11H,5-9H2,1-4H3/t10-,11+/m1/s1. The smallest absolute Gasteiger partial charge is 0.410 e. The minimum absolute atomic E-state index is 0.217. The predicted octanol–water partition coefficient (Wildman–Crippen LogP) is 1.72. The van der Waals surface area contributed by atoms with E-state index in [9.17, 15) is 9.59 Å². The fourth-order valence-corrected chi connectivity index (χ4v) is 2.90. The van der Waals surface area contributed by atoms with Gasteiger partial charge in [0, 0.05) is 32.6 Å². The van der Waals surface area contributed by atoms with E-state index in [1.165, 1.54) is 0 Å². The first-order chi connectivity index (χ1) is 8.80. The fraction of sp³-hybridized carbons (Fsp3) is 0.857. The molecule has 2 fully saturated rings. The van der Waals surface area contributed by atoms with E-state index in [0.717, 1.165) is 13.1 Å². The maximum atomic E-state index is 12.0. The summed E-state index contributed by atoms with van der Waals surface area (Å²) in [5.74, 6) is 0.933. The van der Waals surface area contributed by atoms with Crippen molar-refractivity contribution in [2.24, 2.45) is 11.8 Å². The van der Waals surface area contributed by atoms with Gasteiger partial charge in [-0.25, -0.2) is 4.79 Å². The third-order valence-electron chi connectivity index (χ3n) is 3.85. The molecule has 0 aromatic carbocycles. The van der Waals surface area contributed by atoms with Crippen LogP contribution >= 0.6 is 0 Å². The second-order valence-electron chi connectivity index (χ2n) is 6.54. The summed E-state index contributed by atoms with van der Waals surface area (Å²) in [6.07, 6.45) is 0.315. The van der Waals surface area contributed by atoms with Crippen molar-refractivity contribution in [1.29, 1.82) is 0 Å². The third kappa shape index (κ3) is 3.19. The highest BCUT2D eigenvalue weighted by Crippen LogP contribution is 2.32. The van der Waals surface area contributed by atoms with Crippen LogP contribution in [0, 0.1) is 11.8 Å². The van der Waals surface area contributed by atoms with Crippen LogP contribution in [0.15, 0.2) is 0 Å². The molecule has 2 aliphatic heterocycles. The highest BCUT2D eigenvalue weighted by molar-refractivity contribution is 5.78. The lowest BCUT2D eigenvalue weighted by Gasteiger charge is -2.33. The number of rotatable bonds is 1. The van der Waals surface area contributed by atoms with E-state index in [2.05, 4.69) is 0 Å². The molecule has 0 aliphatic carbocycles. The first-order valence-corrected chi connectivity index (χ1v) is 7.06. The maximum Gasteiger partial charge on any atom is 0.410 e. The van der Waals surface area contributed by atoms with Gasteiger partial charge in [-0.2, -0.15) is 0 Å². The Morgan fingerprint density at radius 2 is 1.89 bits per heavy atom. The van der Waals surface area contributed by atoms with Gasteiger partial charge >= 0.3 is 6.09 Å². The van der Waals surface area contributed by atoms with E-state index >= 15 is 0 Å². The van der Waals surface area contributed by atoms with Crippen LogP contribution in [0.25, 0.3) is 0 Å². The minimum atomic E-state index is -0.462. The van der Waals surface area contributed by atoms with E-state index in [0.29, 0.717) is 31.3 Å². The molecule has 19 heavy (non-hydrogen) atoms. The number of carbonyl (C=O) groups excluding carboxylic acids is 2.